The van der Waals surface area contributed by atoms with Crippen LogP contribution < -0.4 is 29.6 Å². The van der Waals surface area contributed by atoms with Crippen LogP contribution in [0.15, 0.2) is 0 Å². The van der Waals surface area contributed by atoms with E-state index < -0.39 is 22.3 Å². The Bertz CT molecular complexity index is 422. The van der Waals surface area contributed by atoms with E-state index in [2.05, 4.69) is 4.74 Å². The summed E-state index contributed by atoms with van der Waals surface area (Å²) in [7, 11) is 0. The third-order valence-corrected chi connectivity index (χ3v) is 5.71. The Labute approximate surface area is 146 Å². The fourth-order valence-electron chi connectivity index (χ4n) is 4.84. The maximum absolute atomic E-state index is 13.0. The Hall–Kier alpha value is 0.440. The average Bonchev–Trinajstić information content (AvgIpc) is 2.34. The van der Waals surface area contributed by atoms with Crippen molar-refractivity contribution in [1.82, 2.24) is 0 Å². The number of ether oxygens (including phenoxy) is 1. The van der Waals surface area contributed by atoms with Gasteiger partial charge in [0.15, 0.2) is 0 Å². The van der Waals surface area contributed by atoms with Gasteiger partial charge in [-0.15, -0.1) is 0 Å². The molecular weight excluding hydrogens is 313 g/mol. The molecule has 0 N–H and O–H groups in total. The van der Waals surface area contributed by atoms with Crippen LogP contribution in [0.1, 0.15) is 38.5 Å². The summed E-state index contributed by atoms with van der Waals surface area (Å²) in [6.07, 6.45) is 6.35. The van der Waals surface area contributed by atoms with Crippen LogP contribution in [0.25, 0.3) is 0 Å². The van der Waals surface area contributed by atoms with Crippen LogP contribution in [0.3, 0.4) is 0 Å². The standard InChI is InChI=1S/C13H18F2O4S.Na/c14-13(15,20(17)18)11(16)19-7-12-4-8-1-9(5-12)3-10(2-8)6-12;/h8-10H,1-7H2,(H,17,18);/q;+1/p-1. The maximum Gasteiger partial charge on any atom is 1.00 e. The minimum Gasteiger partial charge on any atom is -0.767 e. The molecule has 4 rings (SSSR count). The summed E-state index contributed by atoms with van der Waals surface area (Å²) in [6, 6.07) is 0. The zero-order valence-corrected chi connectivity index (χ0v) is 14.8. The topological polar surface area (TPSA) is 66.4 Å². The minimum absolute atomic E-state index is 0. The predicted molar refractivity (Wildman–Crippen MR) is 65.4 cm³/mol. The van der Waals surface area contributed by atoms with Gasteiger partial charge in [-0.05, 0) is 56.3 Å². The molecular formula is C13H17F2NaO4S. The molecule has 21 heavy (non-hydrogen) atoms. The number of rotatable bonds is 4. The second-order valence-corrected chi connectivity index (χ2v) is 7.73. The van der Waals surface area contributed by atoms with E-state index in [-0.39, 0.29) is 41.6 Å². The number of alkyl halides is 2. The first-order valence-electron chi connectivity index (χ1n) is 6.95. The first-order chi connectivity index (χ1) is 9.31. The summed E-state index contributed by atoms with van der Waals surface area (Å²) in [6.45, 7) is -0.0673. The molecule has 4 saturated carbocycles. The molecule has 0 radical (unpaired) electrons. The Morgan fingerprint density at radius 3 is 2.00 bits per heavy atom. The second-order valence-electron chi connectivity index (χ2n) is 6.75. The van der Waals surface area contributed by atoms with Gasteiger partial charge in [0.1, 0.15) is 0 Å². The van der Waals surface area contributed by atoms with E-state index in [0.29, 0.717) is 17.8 Å². The molecule has 0 amide bonds. The number of hydrogen-bond acceptors (Lipinski definition) is 4. The minimum atomic E-state index is -4.44. The largest absolute Gasteiger partial charge is 1.00 e. The fraction of sp³-hybridized carbons (Fsp3) is 0.923. The van der Waals surface area contributed by atoms with Crippen molar-refractivity contribution in [2.45, 2.75) is 43.8 Å². The van der Waals surface area contributed by atoms with Gasteiger partial charge in [-0.25, -0.2) is 4.79 Å². The van der Waals surface area contributed by atoms with E-state index >= 15 is 0 Å². The van der Waals surface area contributed by atoms with Gasteiger partial charge in [0.05, 0.1) is 6.61 Å². The average molecular weight is 330 g/mol. The monoisotopic (exact) mass is 330 g/mol. The quantitative estimate of drug-likeness (QED) is 0.385. The molecule has 1 unspecified atom stereocenters. The van der Waals surface area contributed by atoms with Crippen LogP contribution in [-0.2, 0) is 20.6 Å². The van der Waals surface area contributed by atoms with Gasteiger partial charge in [0.25, 0.3) is 0 Å². The molecule has 4 fully saturated rings. The Balaban J connectivity index is 0.00000161. The van der Waals surface area contributed by atoms with Crippen LogP contribution in [0, 0.1) is 23.2 Å². The first kappa shape index (κ1) is 17.8. The van der Waals surface area contributed by atoms with Crippen molar-refractivity contribution in [2.75, 3.05) is 6.61 Å². The summed E-state index contributed by atoms with van der Waals surface area (Å²) < 4.78 is 51.4. The molecule has 1 atom stereocenters. The molecule has 114 valence electrons. The van der Waals surface area contributed by atoms with Crippen LogP contribution in [-0.4, -0.2) is 26.6 Å². The van der Waals surface area contributed by atoms with E-state index in [1.165, 1.54) is 19.3 Å². The van der Waals surface area contributed by atoms with Crippen LogP contribution in [0.4, 0.5) is 8.78 Å². The van der Waals surface area contributed by atoms with Crippen LogP contribution in [0.5, 0.6) is 0 Å². The molecule has 4 aliphatic rings. The van der Waals surface area contributed by atoms with Gasteiger partial charge in [-0.1, -0.05) is 0 Å². The first-order valence-corrected chi connectivity index (χ1v) is 8.03. The molecule has 0 saturated heterocycles. The molecule has 0 aromatic carbocycles. The molecule has 0 aliphatic heterocycles. The molecule has 4 bridgehead atoms. The second kappa shape index (κ2) is 6.15. The molecule has 0 spiro atoms. The van der Waals surface area contributed by atoms with Gasteiger partial charge in [-0.3, -0.25) is 4.21 Å². The van der Waals surface area contributed by atoms with E-state index in [4.69, 9.17) is 0 Å². The molecule has 4 aliphatic carbocycles. The van der Waals surface area contributed by atoms with Crippen molar-refractivity contribution >= 4 is 17.0 Å². The predicted octanol–water partition coefficient (Wildman–Crippen LogP) is -0.778. The number of halogens is 2. The van der Waals surface area contributed by atoms with E-state index in [1.807, 2.05) is 0 Å². The third-order valence-electron chi connectivity index (χ3n) is 5.12. The van der Waals surface area contributed by atoms with E-state index in [0.717, 1.165) is 19.3 Å². The smallest absolute Gasteiger partial charge is 0.767 e. The van der Waals surface area contributed by atoms with Gasteiger partial charge in [0, 0.05) is 16.5 Å². The third kappa shape index (κ3) is 3.37. The number of hydrogen-bond donors (Lipinski definition) is 0. The normalized spacial score (nSPS) is 38.7. The van der Waals surface area contributed by atoms with Crippen molar-refractivity contribution in [3.63, 3.8) is 0 Å². The van der Waals surface area contributed by atoms with Crippen LogP contribution >= 0.6 is 0 Å². The van der Waals surface area contributed by atoms with Crippen molar-refractivity contribution in [1.29, 1.82) is 0 Å². The Morgan fingerprint density at radius 1 is 1.19 bits per heavy atom. The molecule has 4 nitrogen and oxygen atoms in total. The maximum atomic E-state index is 13.0. The summed E-state index contributed by atoms with van der Waals surface area (Å²) in [5, 5.41) is -4.44. The number of esters is 1. The summed E-state index contributed by atoms with van der Waals surface area (Å²) >= 11 is -3.78. The molecule has 0 aromatic heterocycles. The van der Waals surface area contributed by atoms with Crippen molar-refractivity contribution in [3.8, 4) is 0 Å². The van der Waals surface area contributed by atoms with E-state index in [1.54, 1.807) is 0 Å². The van der Waals surface area contributed by atoms with Crippen molar-refractivity contribution in [3.05, 3.63) is 0 Å². The number of carbonyl (C=O) groups excluding carboxylic acids is 1. The van der Waals surface area contributed by atoms with Crippen molar-refractivity contribution in [2.24, 2.45) is 23.2 Å². The fourth-order valence-corrected chi connectivity index (χ4v) is 5.03. The molecule has 0 aromatic rings. The SMILES string of the molecule is O=C(OCC12CC3CC(CC(C3)C1)C2)C(F)(F)S(=O)[O-].[Na+]. The van der Waals surface area contributed by atoms with E-state index in [9.17, 15) is 22.3 Å². The van der Waals surface area contributed by atoms with Gasteiger partial charge >= 0.3 is 40.8 Å². The zero-order chi connectivity index (χ0) is 14.5. The summed E-state index contributed by atoms with van der Waals surface area (Å²) in [5.41, 5.74) is -0.190. The summed E-state index contributed by atoms with van der Waals surface area (Å²) in [4.78, 5) is 11.2. The Kier molecular flexibility index (Phi) is 5.21. The van der Waals surface area contributed by atoms with Gasteiger partial charge < -0.3 is 9.29 Å². The summed E-state index contributed by atoms with van der Waals surface area (Å²) in [5.74, 6) is -0.0844. The van der Waals surface area contributed by atoms with Crippen LogP contribution in [0.2, 0.25) is 0 Å². The van der Waals surface area contributed by atoms with Gasteiger partial charge in [0.2, 0.25) is 0 Å². The molecule has 0 heterocycles. The molecule has 8 heteroatoms. The van der Waals surface area contributed by atoms with Gasteiger partial charge in [-0.2, -0.15) is 8.78 Å². The Morgan fingerprint density at radius 2 is 1.62 bits per heavy atom. The zero-order valence-electron chi connectivity index (χ0n) is 12.0. The number of carbonyl (C=O) groups is 1. The van der Waals surface area contributed by atoms with Crippen molar-refractivity contribution < 1.29 is 56.6 Å².